The van der Waals surface area contributed by atoms with Crippen molar-refractivity contribution in [2.45, 2.75) is 25.4 Å². The summed E-state index contributed by atoms with van der Waals surface area (Å²) in [5.74, 6) is 0.884. The number of piperidine rings is 1. The Morgan fingerprint density at radius 1 is 1.07 bits per heavy atom. The maximum absolute atomic E-state index is 10.6. The summed E-state index contributed by atoms with van der Waals surface area (Å²) in [5, 5.41) is 23.9. The molecule has 1 saturated heterocycles. The van der Waals surface area contributed by atoms with Crippen LogP contribution in [0, 0.1) is 11.3 Å². The van der Waals surface area contributed by atoms with Crippen LogP contribution in [0.1, 0.15) is 35.4 Å². The monoisotopic (exact) mass is 385 g/mol. The molecule has 2 aromatic carbocycles. The fourth-order valence-corrected chi connectivity index (χ4v) is 3.87. The number of ether oxygens (including phenoxy) is 1. The first-order valence-corrected chi connectivity index (χ1v) is 9.86. The van der Waals surface area contributed by atoms with Crippen molar-refractivity contribution in [3.05, 3.63) is 77.5 Å². The van der Waals surface area contributed by atoms with E-state index in [1.54, 1.807) is 24.4 Å². The first-order valence-electron chi connectivity index (χ1n) is 9.86. The number of hydrogen-bond acceptors (Lipinski definition) is 5. The molecule has 0 bridgehead atoms. The van der Waals surface area contributed by atoms with E-state index in [2.05, 4.69) is 16.4 Å². The molecule has 0 saturated carbocycles. The smallest absolute Gasteiger partial charge is 0.133 e. The van der Waals surface area contributed by atoms with Crippen LogP contribution in [0.5, 0.6) is 11.5 Å². The summed E-state index contributed by atoms with van der Waals surface area (Å²) in [5.41, 5.74) is 3.49. The Labute approximate surface area is 170 Å². The lowest BCUT2D eigenvalue weighted by Gasteiger charge is -2.24. The van der Waals surface area contributed by atoms with Crippen molar-refractivity contribution < 1.29 is 9.84 Å². The second-order valence-electron chi connectivity index (χ2n) is 7.18. The van der Waals surface area contributed by atoms with Gasteiger partial charge in [-0.2, -0.15) is 5.26 Å². The Morgan fingerprint density at radius 3 is 2.62 bits per heavy atom. The molecular weight excluding hydrogens is 362 g/mol. The van der Waals surface area contributed by atoms with E-state index in [9.17, 15) is 10.4 Å². The van der Waals surface area contributed by atoms with Gasteiger partial charge in [0.05, 0.1) is 16.8 Å². The maximum atomic E-state index is 10.6. The highest BCUT2D eigenvalue weighted by atomic mass is 16.5. The molecule has 0 aliphatic carbocycles. The Bertz CT molecular complexity index is 1020. The number of pyridine rings is 1. The van der Waals surface area contributed by atoms with E-state index < -0.39 is 0 Å². The van der Waals surface area contributed by atoms with Gasteiger partial charge in [0.2, 0.25) is 0 Å². The van der Waals surface area contributed by atoms with Gasteiger partial charge >= 0.3 is 0 Å². The van der Waals surface area contributed by atoms with Gasteiger partial charge in [-0.15, -0.1) is 0 Å². The fourth-order valence-electron chi connectivity index (χ4n) is 3.87. The molecular formula is C24H23N3O2. The molecule has 146 valence electrons. The summed E-state index contributed by atoms with van der Waals surface area (Å²) < 4.78 is 6.02. The van der Waals surface area contributed by atoms with E-state index in [0.29, 0.717) is 35.1 Å². The minimum atomic E-state index is 0.0574. The lowest BCUT2D eigenvalue weighted by Crippen LogP contribution is -2.27. The summed E-state index contributed by atoms with van der Waals surface area (Å²) in [6, 6.07) is 19.3. The van der Waals surface area contributed by atoms with Crippen LogP contribution in [0.2, 0.25) is 0 Å². The number of nitriles is 1. The van der Waals surface area contributed by atoms with Gasteiger partial charge in [-0.1, -0.05) is 36.4 Å². The molecule has 0 amide bonds. The van der Waals surface area contributed by atoms with Crippen molar-refractivity contribution in [3.63, 3.8) is 0 Å². The summed E-state index contributed by atoms with van der Waals surface area (Å²) in [4.78, 5) is 4.47. The number of rotatable bonds is 5. The van der Waals surface area contributed by atoms with Crippen LogP contribution in [0.15, 0.2) is 60.8 Å². The lowest BCUT2D eigenvalue weighted by atomic mass is 9.86. The third kappa shape index (κ3) is 4.08. The van der Waals surface area contributed by atoms with Crippen LogP contribution >= 0.6 is 0 Å². The van der Waals surface area contributed by atoms with Gasteiger partial charge in [0.25, 0.3) is 0 Å². The van der Waals surface area contributed by atoms with E-state index in [4.69, 9.17) is 4.74 Å². The van der Waals surface area contributed by atoms with E-state index >= 15 is 0 Å². The zero-order chi connectivity index (χ0) is 20.1. The van der Waals surface area contributed by atoms with Crippen LogP contribution < -0.4 is 10.1 Å². The summed E-state index contributed by atoms with van der Waals surface area (Å²) in [7, 11) is 0. The normalized spacial score (nSPS) is 14.3. The molecule has 1 aliphatic rings. The molecule has 29 heavy (non-hydrogen) atoms. The standard InChI is InChI=1S/C24H23N3O2/c25-15-20-19(18-9-12-26-13-10-18)11-14-27-24(20)23-21(28)7-4-8-22(23)29-16-17-5-2-1-3-6-17/h1-8,11,14,18,26,28H,9-10,12-13,16H2. The average molecular weight is 385 g/mol. The van der Waals surface area contributed by atoms with Crippen LogP contribution in [-0.4, -0.2) is 23.2 Å². The number of aromatic hydroxyl groups is 1. The van der Waals surface area contributed by atoms with Gasteiger partial charge in [-0.3, -0.25) is 4.98 Å². The van der Waals surface area contributed by atoms with Crippen LogP contribution in [0.3, 0.4) is 0 Å². The highest BCUT2D eigenvalue weighted by Crippen LogP contribution is 2.41. The van der Waals surface area contributed by atoms with Crippen molar-refractivity contribution in [2.75, 3.05) is 13.1 Å². The van der Waals surface area contributed by atoms with Crippen molar-refractivity contribution >= 4 is 0 Å². The molecule has 2 heterocycles. The molecule has 2 N–H and O–H groups in total. The van der Waals surface area contributed by atoms with Gasteiger partial charge < -0.3 is 15.2 Å². The summed E-state index contributed by atoms with van der Waals surface area (Å²) in [6.45, 7) is 2.25. The first kappa shape index (κ1) is 19.0. The molecule has 4 rings (SSSR count). The molecule has 0 radical (unpaired) electrons. The molecule has 0 spiro atoms. The van der Waals surface area contributed by atoms with E-state index in [-0.39, 0.29) is 5.75 Å². The lowest BCUT2D eigenvalue weighted by molar-refractivity contribution is 0.306. The Balaban J connectivity index is 1.73. The number of aromatic nitrogens is 1. The summed E-state index contributed by atoms with van der Waals surface area (Å²) in [6.07, 6.45) is 3.69. The predicted molar refractivity (Wildman–Crippen MR) is 112 cm³/mol. The van der Waals surface area contributed by atoms with Crippen LogP contribution in [0.4, 0.5) is 0 Å². The maximum Gasteiger partial charge on any atom is 0.133 e. The van der Waals surface area contributed by atoms with Gasteiger partial charge in [-0.25, -0.2) is 0 Å². The van der Waals surface area contributed by atoms with Crippen LogP contribution in [-0.2, 0) is 6.61 Å². The largest absolute Gasteiger partial charge is 0.507 e. The molecule has 0 unspecified atom stereocenters. The second kappa shape index (κ2) is 8.76. The Hall–Kier alpha value is -3.36. The first-order chi connectivity index (χ1) is 14.3. The number of nitrogens with zero attached hydrogens (tertiary/aromatic N) is 2. The third-order valence-corrected chi connectivity index (χ3v) is 5.35. The number of phenolic OH excluding ortho intramolecular Hbond substituents is 1. The van der Waals surface area contributed by atoms with Crippen LogP contribution in [0.25, 0.3) is 11.3 Å². The zero-order valence-corrected chi connectivity index (χ0v) is 16.1. The van der Waals surface area contributed by atoms with Crippen molar-refractivity contribution in [2.24, 2.45) is 0 Å². The number of hydrogen-bond donors (Lipinski definition) is 2. The SMILES string of the molecule is N#Cc1c(C2CCNCC2)ccnc1-c1c(O)cccc1OCc1ccccc1. The number of benzene rings is 2. The molecule has 1 aliphatic heterocycles. The Kier molecular flexibility index (Phi) is 5.73. The predicted octanol–water partition coefficient (Wildman–Crippen LogP) is 4.37. The van der Waals surface area contributed by atoms with Gasteiger partial charge in [0, 0.05) is 6.20 Å². The number of phenols is 1. The minimum absolute atomic E-state index is 0.0574. The van der Waals surface area contributed by atoms with Crippen molar-refractivity contribution in [3.8, 4) is 28.8 Å². The highest BCUT2D eigenvalue weighted by molar-refractivity contribution is 5.78. The highest BCUT2D eigenvalue weighted by Gasteiger charge is 2.24. The second-order valence-corrected chi connectivity index (χ2v) is 7.18. The molecule has 3 aromatic rings. The fraction of sp³-hybridized carbons (Fsp3) is 0.250. The van der Waals surface area contributed by atoms with Gasteiger partial charge in [-0.05, 0) is 61.2 Å². The molecule has 5 heteroatoms. The van der Waals surface area contributed by atoms with Gasteiger partial charge in [0.15, 0.2) is 0 Å². The van der Waals surface area contributed by atoms with Crippen molar-refractivity contribution in [1.82, 2.24) is 10.3 Å². The quantitative estimate of drug-likeness (QED) is 0.682. The molecule has 0 atom stereocenters. The topological polar surface area (TPSA) is 78.2 Å². The third-order valence-electron chi connectivity index (χ3n) is 5.35. The number of nitrogens with one attached hydrogen (secondary N) is 1. The Morgan fingerprint density at radius 2 is 1.86 bits per heavy atom. The van der Waals surface area contributed by atoms with E-state index in [1.807, 2.05) is 36.4 Å². The van der Waals surface area contributed by atoms with E-state index in [0.717, 1.165) is 37.1 Å². The van der Waals surface area contributed by atoms with Gasteiger partial charge in [0.1, 0.15) is 24.2 Å². The zero-order valence-electron chi connectivity index (χ0n) is 16.1. The van der Waals surface area contributed by atoms with Crippen molar-refractivity contribution in [1.29, 1.82) is 5.26 Å². The minimum Gasteiger partial charge on any atom is -0.507 e. The molecule has 1 aromatic heterocycles. The van der Waals surface area contributed by atoms with E-state index in [1.165, 1.54) is 0 Å². The summed E-state index contributed by atoms with van der Waals surface area (Å²) >= 11 is 0. The average Bonchev–Trinajstić information content (AvgIpc) is 2.78. The molecule has 5 nitrogen and oxygen atoms in total. The molecule has 1 fully saturated rings.